The van der Waals surface area contributed by atoms with E-state index in [4.69, 9.17) is 0 Å². The van der Waals surface area contributed by atoms with Crippen LogP contribution in [0.5, 0.6) is 0 Å². The first-order chi connectivity index (χ1) is 10.7. The van der Waals surface area contributed by atoms with Gasteiger partial charge in [0.15, 0.2) is 0 Å². The van der Waals surface area contributed by atoms with Crippen LogP contribution in [0.1, 0.15) is 18.4 Å². The van der Waals surface area contributed by atoms with Gasteiger partial charge >= 0.3 is 0 Å². The zero-order valence-electron chi connectivity index (χ0n) is 13.0. The van der Waals surface area contributed by atoms with Crippen molar-refractivity contribution in [1.29, 1.82) is 0 Å². The number of hydrogen-bond donors (Lipinski definition) is 0. The molecule has 3 aliphatic rings. The third-order valence-electron chi connectivity index (χ3n) is 4.70. The maximum atomic E-state index is 13.0. The van der Waals surface area contributed by atoms with Crippen LogP contribution < -0.4 is 0 Å². The number of carbonyl (C=O) groups is 1. The maximum Gasteiger partial charge on any atom is 0.232 e. The fourth-order valence-corrected chi connectivity index (χ4v) is 4.08. The van der Waals surface area contributed by atoms with Crippen LogP contribution in [0, 0.1) is 11.7 Å². The molecular weight excluding hydrogens is 299 g/mol. The molecule has 1 amide bonds. The van der Waals surface area contributed by atoms with Gasteiger partial charge in [-0.25, -0.2) is 4.39 Å². The van der Waals surface area contributed by atoms with Gasteiger partial charge < -0.3 is 4.90 Å². The highest BCUT2D eigenvalue weighted by molar-refractivity contribution is 7.99. The Kier molecular flexibility index (Phi) is 5.03. The molecule has 3 saturated heterocycles. The zero-order valence-corrected chi connectivity index (χ0v) is 13.8. The molecule has 1 aromatic carbocycles. The number of piperidine rings is 1. The summed E-state index contributed by atoms with van der Waals surface area (Å²) in [5.41, 5.74) is 1.14. The summed E-state index contributed by atoms with van der Waals surface area (Å²) in [5.74, 6) is 1.26. The van der Waals surface area contributed by atoms with Gasteiger partial charge in [-0.3, -0.25) is 9.69 Å². The smallest absolute Gasteiger partial charge is 0.232 e. The van der Waals surface area contributed by atoms with Gasteiger partial charge in [-0.15, -0.1) is 0 Å². The van der Waals surface area contributed by atoms with Crippen molar-refractivity contribution in [2.24, 2.45) is 5.92 Å². The van der Waals surface area contributed by atoms with Gasteiger partial charge in [-0.05, 0) is 42.7 Å². The number of halogens is 1. The van der Waals surface area contributed by atoms with Crippen molar-refractivity contribution in [3.8, 4) is 0 Å². The first-order valence-electron chi connectivity index (χ1n) is 7.91. The second kappa shape index (κ2) is 7.01. The molecule has 5 heteroatoms. The monoisotopic (exact) mass is 322 g/mol. The van der Waals surface area contributed by atoms with Crippen LogP contribution in [-0.4, -0.2) is 53.4 Å². The van der Waals surface area contributed by atoms with Crippen molar-refractivity contribution in [3.05, 3.63) is 35.6 Å². The van der Waals surface area contributed by atoms with Crippen LogP contribution in [0.15, 0.2) is 24.3 Å². The van der Waals surface area contributed by atoms with E-state index < -0.39 is 0 Å². The van der Waals surface area contributed by atoms with Crippen LogP contribution in [0.2, 0.25) is 0 Å². The van der Waals surface area contributed by atoms with Crippen LogP contribution in [0.25, 0.3) is 0 Å². The van der Waals surface area contributed by atoms with Gasteiger partial charge in [0.05, 0.1) is 5.75 Å². The summed E-state index contributed by atoms with van der Waals surface area (Å²) in [4.78, 5) is 16.8. The predicted molar refractivity (Wildman–Crippen MR) is 88.3 cm³/mol. The third kappa shape index (κ3) is 3.63. The van der Waals surface area contributed by atoms with Crippen LogP contribution in [0.3, 0.4) is 0 Å². The van der Waals surface area contributed by atoms with Crippen molar-refractivity contribution in [2.45, 2.75) is 25.4 Å². The standard InChI is InChI=1S/C17H23FN2OS/c1-22-12-17(21)20-10-14-4-7-16(20)11-19(9-14)8-13-2-5-15(18)6-3-13/h2-3,5-6,14,16H,4,7-12H2,1H3/t14-,16+/m0/s1. The number of rotatable bonds is 4. The first-order valence-corrected chi connectivity index (χ1v) is 9.30. The average molecular weight is 322 g/mol. The molecule has 0 spiro atoms. The Morgan fingerprint density at radius 2 is 2.00 bits per heavy atom. The summed E-state index contributed by atoms with van der Waals surface area (Å²) in [6, 6.07) is 7.11. The van der Waals surface area contributed by atoms with E-state index in [0.717, 1.165) is 38.2 Å². The van der Waals surface area contributed by atoms with E-state index in [1.54, 1.807) is 11.8 Å². The minimum absolute atomic E-state index is 0.187. The molecule has 3 aliphatic heterocycles. The Morgan fingerprint density at radius 3 is 2.73 bits per heavy atom. The lowest BCUT2D eigenvalue weighted by molar-refractivity contribution is -0.132. The fraction of sp³-hybridized carbons (Fsp3) is 0.588. The molecule has 22 heavy (non-hydrogen) atoms. The van der Waals surface area contributed by atoms with Crippen molar-refractivity contribution < 1.29 is 9.18 Å². The van der Waals surface area contributed by atoms with E-state index in [1.165, 1.54) is 18.6 Å². The van der Waals surface area contributed by atoms with Gasteiger partial charge in [-0.2, -0.15) is 11.8 Å². The number of amides is 1. The lowest BCUT2D eigenvalue weighted by atomic mass is 9.95. The topological polar surface area (TPSA) is 23.6 Å². The SMILES string of the molecule is CSCC(=O)N1C[C@H]2CC[C@@H]1CN(Cc1ccc(F)cc1)C2. The molecule has 0 aromatic heterocycles. The van der Waals surface area contributed by atoms with Crippen molar-refractivity contribution in [1.82, 2.24) is 9.80 Å². The fourth-order valence-electron chi connectivity index (χ4n) is 3.67. The minimum atomic E-state index is -0.187. The Bertz CT molecular complexity index is 522. The molecular formula is C17H23FN2OS. The summed E-state index contributed by atoms with van der Waals surface area (Å²) in [6.07, 6.45) is 4.31. The Labute approximate surface area is 135 Å². The number of nitrogens with zero attached hydrogens (tertiary/aromatic N) is 2. The lowest BCUT2D eigenvalue weighted by Gasteiger charge is -2.36. The first kappa shape index (κ1) is 15.8. The maximum absolute atomic E-state index is 13.0. The Balaban J connectivity index is 1.67. The molecule has 3 nitrogen and oxygen atoms in total. The second-order valence-corrected chi connectivity index (χ2v) is 7.26. The molecule has 0 aliphatic carbocycles. The van der Waals surface area contributed by atoms with Gasteiger partial charge in [0.1, 0.15) is 5.82 Å². The molecule has 120 valence electrons. The highest BCUT2D eigenvalue weighted by Crippen LogP contribution is 2.29. The summed E-state index contributed by atoms with van der Waals surface area (Å²) >= 11 is 1.60. The summed E-state index contributed by atoms with van der Waals surface area (Å²) < 4.78 is 13.0. The van der Waals surface area contributed by atoms with E-state index >= 15 is 0 Å². The van der Waals surface area contributed by atoms with Crippen LogP contribution in [0.4, 0.5) is 4.39 Å². The molecule has 3 fully saturated rings. The molecule has 0 saturated carbocycles. The van der Waals surface area contributed by atoms with Crippen molar-refractivity contribution in [3.63, 3.8) is 0 Å². The predicted octanol–water partition coefficient (Wildman–Crippen LogP) is 2.61. The average Bonchev–Trinajstić information content (AvgIpc) is 2.80. The Hall–Kier alpha value is -1.07. The van der Waals surface area contributed by atoms with Gasteiger partial charge in [0.25, 0.3) is 0 Å². The summed E-state index contributed by atoms with van der Waals surface area (Å²) in [7, 11) is 0. The largest absolute Gasteiger partial charge is 0.337 e. The molecule has 3 heterocycles. The zero-order chi connectivity index (χ0) is 15.5. The molecule has 4 rings (SSSR count). The minimum Gasteiger partial charge on any atom is -0.337 e. The number of fused-ring (bicyclic) bond motifs is 4. The highest BCUT2D eigenvalue weighted by atomic mass is 32.2. The molecule has 0 unspecified atom stereocenters. The van der Waals surface area contributed by atoms with E-state index in [-0.39, 0.29) is 11.7 Å². The highest BCUT2D eigenvalue weighted by Gasteiger charge is 2.36. The molecule has 0 radical (unpaired) electrons. The Morgan fingerprint density at radius 1 is 1.23 bits per heavy atom. The summed E-state index contributed by atoms with van der Waals surface area (Å²) in [5, 5.41) is 0. The van der Waals surface area contributed by atoms with Crippen LogP contribution in [-0.2, 0) is 11.3 Å². The number of carbonyl (C=O) groups excluding carboxylic acids is 1. The van der Waals surface area contributed by atoms with E-state index in [9.17, 15) is 9.18 Å². The van der Waals surface area contributed by atoms with Gasteiger partial charge in [0, 0.05) is 32.2 Å². The third-order valence-corrected chi connectivity index (χ3v) is 5.23. The summed E-state index contributed by atoms with van der Waals surface area (Å²) in [6.45, 7) is 3.73. The number of thioether (sulfide) groups is 1. The van der Waals surface area contributed by atoms with Gasteiger partial charge in [-0.1, -0.05) is 12.1 Å². The van der Waals surface area contributed by atoms with E-state index in [2.05, 4.69) is 9.80 Å². The molecule has 0 N–H and O–H groups in total. The lowest BCUT2D eigenvalue weighted by Crippen LogP contribution is -2.48. The van der Waals surface area contributed by atoms with Gasteiger partial charge in [0.2, 0.25) is 5.91 Å². The normalized spacial score (nSPS) is 25.3. The molecule has 1 aromatic rings. The molecule has 2 atom stereocenters. The quantitative estimate of drug-likeness (QED) is 0.851. The van der Waals surface area contributed by atoms with E-state index in [0.29, 0.717) is 17.7 Å². The second-order valence-electron chi connectivity index (χ2n) is 6.40. The van der Waals surface area contributed by atoms with Crippen molar-refractivity contribution >= 4 is 17.7 Å². The number of benzene rings is 1. The molecule has 2 bridgehead atoms. The van der Waals surface area contributed by atoms with Crippen LogP contribution >= 0.6 is 11.8 Å². The number of hydrogen-bond acceptors (Lipinski definition) is 3. The van der Waals surface area contributed by atoms with E-state index in [1.807, 2.05) is 18.4 Å². The van der Waals surface area contributed by atoms with Crippen molar-refractivity contribution in [2.75, 3.05) is 31.6 Å².